The molecule has 0 spiro atoms. The highest BCUT2D eigenvalue weighted by Gasteiger charge is 2.21. The first-order valence-corrected chi connectivity index (χ1v) is 5.27. The maximum Gasteiger partial charge on any atom is 0.143 e. The highest BCUT2D eigenvalue weighted by Crippen LogP contribution is 2.29. The maximum absolute atomic E-state index is 5.49. The van der Waals surface area contributed by atoms with Crippen LogP contribution in [0.4, 0.5) is 0 Å². The summed E-state index contributed by atoms with van der Waals surface area (Å²) in [6.07, 6.45) is 1.60. The summed E-state index contributed by atoms with van der Waals surface area (Å²) in [5.74, 6) is 7.75. The van der Waals surface area contributed by atoms with Crippen molar-refractivity contribution in [2.75, 3.05) is 0 Å². The summed E-state index contributed by atoms with van der Waals surface area (Å²) < 4.78 is 11.7. The lowest BCUT2D eigenvalue weighted by atomic mass is 10.2. The second-order valence-electron chi connectivity index (χ2n) is 3.18. The quantitative estimate of drug-likeness (QED) is 0.665. The smallest absolute Gasteiger partial charge is 0.143 e. The molecule has 0 aliphatic heterocycles. The zero-order valence-corrected chi connectivity index (χ0v) is 9.74. The van der Waals surface area contributed by atoms with Crippen LogP contribution in [0.25, 0.3) is 0 Å². The van der Waals surface area contributed by atoms with Crippen LogP contribution >= 0.6 is 15.9 Å². The molecule has 0 amide bonds. The number of aryl methyl sites for hydroxylation is 1. The van der Waals surface area contributed by atoms with E-state index in [-0.39, 0.29) is 6.04 Å². The first-order valence-electron chi connectivity index (χ1n) is 4.47. The minimum Gasteiger partial charge on any atom is -0.466 e. The third-order valence-electron chi connectivity index (χ3n) is 2.12. The van der Waals surface area contributed by atoms with Gasteiger partial charge in [-0.2, -0.15) is 0 Å². The molecule has 15 heavy (non-hydrogen) atoms. The van der Waals surface area contributed by atoms with Crippen LogP contribution in [-0.2, 0) is 0 Å². The second-order valence-corrected chi connectivity index (χ2v) is 4.04. The predicted octanol–water partition coefficient (Wildman–Crippen LogP) is 2.50. The molecule has 2 rings (SSSR count). The summed E-state index contributed by atoms with van der Waals surface area (Å²) in [5.41, 5.74) is 2.66. The van der Waals surface area contributed by atoms with Crippen LogP contribution in [0.3, 0.4) is 0 Å². The average molecular weight is 271 g/mol. The Morgan fingerprint density at radius 3 is 2.67 bits per heavy atom. The number of nitrogens with two attached hydrogens (primary N) is 1. The molecule has 80 valence electrons. The van der Waals surface area contributed by atoms with E-state index in [1.54, 1.807) is 6.26 Å². The molecule has 0 radical (unpaired) electrons. The van der Waals surface area contributed by atoms with Crippen LogP contribution < -0.4 is 11.3 Å². The molecule has 0 fully saturated rings. The van der Waals surface area contributed by atoms with Crippen molar-refractivity contribution in [3.8, 4) is 0 Å². The van der Waals surface area contributed by atoms with E-state index in [1.807, 2.05) is 25.1 Å². The molecular weight excluding hydrogens is 260 g/mol. The van der Waals surface area contributed by atoms with Crippen LogP contribution in [0.5, 0.6) is 0 Å². The Kier molecular flexibility index (Phi) is 2.95. The van der Waals surface area contributed by atoms with Gasteiger partial charge < -0.3 is 8.83 Å². The summed E-state index contributed by atoms with van der Waals surface area (Å²) in [5, 5.41) is 0. The molecule has 2 heterocycles. The van der Waals surface area contributed by atoms with E-state index >= 15 is 0 Å². The monoisotopic (exact) mass is 270 g/mol. The zero-order chi connectivity index (χ0) is 10.8. The summed E-state index contributed by atoms with van der Waals surface area (Å²) in [6.45, 7) is 1.88. The highest BCUT2D eigenvalue weighted by molar-refractivity contribution is 9.10. The number of nitrogens with one attached hydrogen (secondary N) is 1. The Bertz CT molecular complexity index is 450. The molecule has 0 saturated heterocycles. The lowest BCUT2D eigenvalue weighted by molar-refractivity contribution is 0.383. The summed E-state index contributed by atoms with van der Waals surface area (Å²) in [6, 6.07) is 5.30. The predicted molar refractivity (Wildman–Crippen MR) is 59.0 cm³/mol. The zero-order valence-electron chi connectivity index (χ0n) is 8.16. The minimum absolute atomic E-state index is 0.275. The molecule has 1 unspecified atom stereocenters. The Labute approximate surface area is 95.5 Å². The number of hydrazine groups is 1. The first kappa shape index (κ1) is 10.5. The van der Waals surface area contributed by atoms with E-state index in [9.17, 15) is 0 Å². The van der Waals surface area contributed by atoms with Crippen molar-refractivity contribution in [3.63, 3.8) is 0 Å². The maximum atomic E-state index is 5.49. The molecule has 5 heteroatoms. The number of rotatable bonds is 3. The number of hydrogen-bond donors (Lipinski definition) is 2. The minimum atomic E-state index is -0.275. The fraction of sp³-hybridized carbons (Fsp3) is 0.200. The molecule has 1 atom stereocenters. The van der Waals surface area contributed by atoms with Crippen LogP contribution in [0.2, 0.25) is 0 Å². The van der Waals surface area contributed by atoms with Crippen molar-refractivity contribution in [1.82, 2.24) is 5.43 Å². The fourth-order valence-electron chi connectivity index (χ4n) is 1.41. The van der Waals surface area contributed by atoms with Gasteiger partial charge in [0, 0.05) is 0 Å². The fourth-order valence-corrected chi connectivity index (χ4v) is 1.84. The van der Waals surface area contributed by atoms with E-state index in [0.29, 0.717) is 5.76 Å². The second kappa shape index (κ2) is 4.22. The van der Waals surface area contributed by atoms with Gasteiger partial charge in [0.25, 0.3) is 0 Å². The van der Waals surface area contributed by atoms with Gasteiger partial charge in [-0.3, -0.25) is 5.84 Å². The van der Waals surface area contributed by atoms with E-state index in [4.69, 9.17) is 14.7 Å². The van der Waals surface area contributed by atoms with Crippen LogP contribution in [0.1, 0.15) is 23.3 Å². The summed E-state index contributed by atoms with van der Waals surface area (Å²) in [7, 11) is 0. The molecule has 0 bridgehead atoms. The van der Waals surface area contributed by atoms with E-state index in [0.717, 1.165) is 16.0 Å². The molecule has 0 aromatic carbocycles. The molecule has 2 aromatic heterocycles. The summed E-state index contributed by atoms with van der Waals surface area (Å²) >= 11 is 3.38. The van der Waals surface area contributed by atoms with Crippen LogP contribution in [0.15, 0.2) is 37.8 Å². The van der Waals surface area contributed by atoms with Crippen LogP contribution in [-0.4, -0.2) is 0 Å². The average Bonchev–Trinajstić information content (AvgIpc) is 2.79. The molecule has 3 N–H and O–H groups in total. The van der Waals surface area contributed by atoms with E-state index in [1.165, 1.54) is 0 Å². The Morgan fingerprint density at radius 1 is 1.40 bits per heavy atom. The van der Waals surface area contributed by atoms with Gasteiger partial charge in [0.15, 0.2) is 0 Å². The SMILES string of the molecule is Cc1ccc(C(NN)c2occc2Br)o1. The normalized spacial score (nSPS) is 13.0. The molecule has 2 aromatic rings. The van der Waals surface area contributed by atoms with Crippen molar-refractivity contribution in [3.05, 3.63) is 46.2 Å². The largest absolute Gasteiger partial charge is 0.466 e. The van der Waals surface area contributed by atoms with Crippen molar-refractivity contribution < 1.29 is 8.83 Å². The number of hydrogen-bond acceptors (Lipinski definition) is 4. The molecule has 0 aliphatic rings. The van der Waals surface area contributed by atoms with Gasteiger partial charge in [0.1, 0.15) is 23.3 Å². The lowest BCUT2D eigenvalue weighted by Gasteiger charge is -2.10. The third kappa shape index (κ3) is 1.99. The molecular formula is C10H11BrN2O2. The summed E-state index contributed by atoms with van der Waals surface area (Å²) in [4.78, 5) is 0. The number of halogens is 1. The third-order valence-corrected chi connectivity index (χ3v) is 2.77. The highest BCUT2D eigenvalue weighted by atomic mass is 79.9. The topological polar surface area (TPSA) is 64.3 Å². The Hall–Kier alpha value is -1.04. The van der Waals surface area contributed by atoms with Crippen LogP contribution in [0, 0.1) is 6.92 Å². The van der Waals surface area contributed by atoms with Crippen molar-refractivity contribution in [1.29, 1.82) is 0 Å². The van der Waals surface area contributed by atoms with Crippen molar-refractivity contribution >= 4 is 15.9 Å². The van der Waals surface area contributed by atoms with Gasteiger partial charge in [-0.1, -0.05) is 0 Å². The van der Waals surface area contributed by atoms with Gasteiger partial charge in [-0.05, 0) is 41.1 Å². The molecule has 0 aliphatic carbocycles. The van der Waals surface area contributed by atoms with Crippen molar-refractivity contribution in [2.45, 2.75) is 13.0 Å². The van der Waals surface area contributed by atoms with Gasteiger partial charge >= 0.3 is 0 Å². The number of furan rings is 2. The van der Waals surface area contributed by atoms with E-state index in [2.05, 4.69) is 21.4 Å². The van der Waals surface area contributed by atoms with Gasteiger partial charge in [0.05, 0.1) is 10.7 Å². The van der Waals surface area contributed by atoms with Gasteiger partial charge in [-0.25, -0.2) is 5.43 Å². The van der Waals surface area contributed by atoms with Crippen molar-refractivity contribution in [2.24, 2.45) is 5.84 Å². The molecule has 4 nitrogen and oxygen atoms in total. The Morgan fingerprint density at radius 2 is 2.20 bits per heavy atom. The van der Waals surface area contributed by atoms with Gasteiger partial charge in [-0.15, -0.1) is 0 Å². The first-order chi connectivity index (χ1) is 7.22. The lowest BCUT2D eigenvalue weighted by Crippen LogP contribution is -2.28. The van der Waals surface area contributed by atoms with E-state index < -0.39 is 0 Å². The molecule has 0 saturated carbocycles. The standard InChI is InChI=1S/C10H11BrN2O2/c1-6-2-3-8(15-6)9(13-12)10-7(11)4-5-14-10/h2-5,9,13H,12H2,1H3. The van der Waals surface area contributed by atoms with Gasteiger partial charge in [0.2, 0.25) is 0 Å². The Balaban J connectivity index is 2.36.